The number of carbonyl (C=O) groups is 1. The number of nitrogens with two attached hydrogens (primary N) is 1. The van der Waals surface area contributed by atoms with Crippen molar-refractivity contribution in [1.29, 1.82) is 0 Å². The number of thiazole rings is 1. The van der Waals surface area contributed by atoms with E-state index in [2.05, 4.69) is 9.88 Å². The average Bonchev–Trinajstić information content (AvgIpc) is 3.18. The maximum atomic E-state index is 12.5. The Morgan fingerprint density at radius 3 is 2.80 bits per heavy atom. The lowest BCUT2D eigenvalue weighted by Gasteiger charge is -2.15. The Morgan fingerprint density at radius 1 is 1.40 bits per heavy atom. The van der Waals surface area contributed by atoms with Crippen molar-refractivity contribution in [1.82, 2.24) is 9.88 Å². The van der Waals surface area contributed by atoms with Crippen molar-refractivity contribution in [2.24, 2.45) is 0 Å². The molecular weight excluding hydrogens is 276 g/mol. The normalized spacial score (nSPS) is 22.8. The first-order valence-corrected chi connectivity index (χ1v) is 7.84. The molecule has 110 valence electrons. The Bertz CT molecular complexity index is 499. The van der Waals surface area contributed by atoms with Crippen LogP contribution in [0.2, 0.25) is 0 Å². The molecule has 2 aliphatic rings. The third-order valence-corrected chi connectivity index (χ3v) is 5.10. The Balaban J connectivity index is 1.74. The van der Waals surface area contributed by atoms with E-state index in [1.807, 2.05) is 4.90 Å². The van der Waals surface area contributed by atoms with Gasteiger partial charge in [-0.3, -0.25) is 4.79 Å². The molecule has 0 saturated carbocycles. The second-order valence-electron chi connectivity index (χ2n) is 5.30. The molecule has 3 heterocycles. The van der Waals surface area contributed by atoms with Gasteiger partial charge in [-0.25, -0.2) is 4.98 Å². The molecule has 1 aromatic rings. The number of anilines is 2. The highest BCUT2D eigenvalue weighted by Crippen LogP contribution is 2.32. The van der Waals surface area contributed by atoms with E-state index in [0.29, 0.717) is 17.2 Å². The molecular formula is C13H20N4O2S. The van der Waals surface area contributed by atoms with E-state index in [9.17, 15) is 4.79 Å². The molecule has 0 aliphatic carbocycles. The van der Waals surface area contributed by atoms with Crippen molar-refractivity contribution >= 4 is 28.2 Å². The van der Waals surface area contributed by atoms with Crippen molar-refractivity contribution < 1.29 is 9.53 Å². The zero-order valence-corrected chi connectivity index (χ0v) is 12.5. The van der Waals surface area contributed by atoms with Gasteiger partial charge in [0.1, 0.15) is 10.7 Å². The van der Waals surface area contributed by atoms with Crippen LogP contribution in [0, 0.1) is 0 Å². The summed E-state index contributed by atoms with van der Waals surface area (Å²) >= 11 is 1.42. The fraction of sp³-hybridized carbons (Fsp3) is 0.692. The molecule has 2 saturated heterocycles. The molecule has 1 aromatic heterocycles. The fourth-order valence-corrected chi connectivity index (χ4v) is 3.77. The van der Waals surface area contributed by atoms with Crippen LogP contribution < -0.4 is 10.6 Å². The molecule has 1 atom stereocenters. The zero-order chi connectivity index (χ0) is 14.1. The van der Waals surface area contributed by atoms with Gasteiger partial charge in [0.25, 0.3) is 5.91 Å². The van der Waals surface area contributed by atoms with Crippen molar-refractivity contribution in [2.75, 3.05) is 43.9 Å². The summed E-state index contributed by atoms with van der Waals surface area (Å²) in [4.78, 5) is 21.5. The Hall–Kier alpha value is -1.34. The number of amides is 1. The van der Waals surface area contributed by atoms with E-state index >= 15 is 0 Å². The van der Waals surface area contributed by atoms with Gasteiger partial charge in [-0.05, 0) is 19.3 Å². The molecule has 2 N–H and O–H groups in total. The van der Waals surface area contributed by atoms with Gasteiger partial charge in [-0.2, -0.15) is 0 Å². The van der Waals surface area contributed by atoms with Crippen LogP contribution in [-0.4, -0.2) is 55.2 Å². The third kappa shape index (κ3) is 2.47. The number of aromatic nitrogens is 1. The highest BCUT2D eigenvalue weighted by atomic mass is 32.1. The van der Waals surface area contributed by atoms with Gasteiger partial charge in [0.2, 0.25) is 0 Å². The number of hydrogen-bond donors (Lipinski definition) is 1. The Morgan fingerprint density at radius 2 is 2.15 bits per heavy atom. The SMILES string of the molecule is COC1CCN(C(=O)c2sc(N3CCCC3)nc2N)C1. The Kier molecular flexibility index (Phi) is 3.80. The predicted molar refractivity (Wildman–Crippen MR) is 79.3 cm³/mol. The quantitative estimate of drug-likeness (QED) is 0.907. The van der Waals surface area contributed by atoms with Gasteiger partial charge in [0.15, 0.2) is 5.13 Å². The molecule has 1 amide bonds. The van der Waals surface area contributed by atoms with E-state index in [0.717, 1.165) is 31.2 Å². The summed E-state index contributed by atoms with van der Waals surface area (Å²) in [7, 11) is 1.69. The molecule has 7 heteroatoms. The number of nitrogens with zero attached hydrogens (tertiary/aromatic N) is 3. The van der Waals surface area contributed by atoms with Crippen LogP contribution in [0.25, 0.3) is 0 Å². The van der Waals surface area contributed by atoms with Gasteiger partial charge >= 0.3 is 0 Å². The van der Waals surface area contributed by atoms with Gasteiger partial charge in [-0.15, -0.1) is 0 Å². The first-order valence-electron chi connectivity index (χ1n) is 7.02. The second-order valence-corrected chi connectivity index (χ2v) is 6.28. The molecule has 0 bridgehead atoms. The number of likely N-dealkylation sites (tertiary alicyclic amines) is 1. The molecule has 2 fully saturated rings. The zero-order valence-electron chi connectivity index (χ0n) is 11.7. The molecule has 6 nitrogen and oxygen atoms in total. The van der Waals surface area contributed by atoms with Crippen LogP contribution in [-0.2, 0) is 4.74 Å². The maximum Gasteiger partial charge on any atom is 0.267 e. The summed E-state index contributed by atoms with van der Waals surface area (Å²) in [5.41, 5.74) is 5.94. The van der Waals surface area contributed by atoms with Crippen molar-refractivity contribution in [3.05, 3.63) is 4.88 Å². The fourth-order valence-electron chi connectivity index (χ4n) is 2.77. The van der Waals surface area contributed by atoms with E-state index in [-0.39, 0.29) is 12.0 Å². The van der Waals surface area contributed by atoms with E-state index in [1.165, 1.54) is 24.2 Å². The molecule has 3 rings (SSSR count). The summed E-state index contributed by atoms with van der Waals surface area (Å²) in [6.07, 6.45) is 3.40. The molecule has 1 unspecified atom stereocenters. The first kappa shape index (κ1) is 13.6. The van der Waals surface area contributed by atoms with Crippen molar-refractivity contribution in [3.8, 4) is 0 Å². The minimum atomic E-state index is -0.00926. The summed E-state index contributed by atoms with van der Waals surface area (Å²) in [6.45, 7) is 3.39. The third-order valence-electron chi connectivity index (χ3n) is 3.98. The molecule has 2 aliphatic heterocycles. The summed E-state index contributed by atoms with van der Waals surface area (Å²) in [5, 5.41) is 0.880. The largest absolute Gasteiger partial charge is 0.382 e. The predicted octanol–water partition coefficient (Wildman–Crippen LogP) is 1.19. The topological polar surface area (TPSA) is 71.7 Å². The van der Waals surface area contributed by atoms with Gasteiger partial charge in [0, 0.05) is 33.3 Å². The highest BCUT2D eigenvalue weighted by molar-refractivity contribution is 7.18. The van der Waals surface area contributed by atoms with Gasteiger partial charge < -0.3 is 20.3 Å². The molecule has 0 aromatic carbocycles. The minimum Gasteiger partial charge on any atom is -0.382 e. The van der Waals surface area contributed by atoms with Crippen LogP contribution in [0.5, 0.6) is 0 Å². The van der Waals surface area contributed by atoms with Crippen molar-refractivity contribution in [2.45, 2.75) is 25.4 Å². The van der Waals surface area contributed by atoms with Crippen LogP contribution >= 0.6 is 11.3 Å². The Labute approximate surface area is 122 Å². The summed E-state index contributed by atoms with van der Waals surface area (Å²) in [6, 6.07) is 0. The lowest BCUT2D eigenvalue weighted by molar-refractivity contribution is 0.0729. The number of nitrogen functional groups attached to an aromatic ring is 1. The van der Waals surface area contributed by atoms with Crippen LogP contribution in [0.4, 0.5) is 10.9 Å². The second kappa shape index (κ2) is 5.57. The summed E-state index contributed by atoms with van der Waals surface area (Å²) < 4.78 is 5.30. The minimum absolute atomic E-state index is 0.00926. The standard InChI is InChI=1S/C13H20N4O2S/c1-19-9-4-7-17(8-9)12(18)10-11(14)15-13(20-10)16-5-2-3-6-16/h9H,2-8,14H2,1H3. The van der Waals surface area contributed by atoms with Gasteiger partial charge in [-0.1, -0.05) is 11.3 Å². The number of hydrogen-bond acceptors (Lipinski definition) is 6. The lowest BCUT2D eigenvalue weighted by Crippen LogP contribution is -2.29. The average molecular weight is 296 g/mol. The molecule has 20 heavy (non-hydrogen) atoms. The van der Waals surface area contributed by atoms with E-state index in [4.69, 9.17) is 10.5 Å². The van der Waals surface area contributed by atoms with Crippen LogP contribution in [0.3, 0.4) is 0 Å². The number of methoxy groups -OCH3 is 1. The number of rotatable bonds is 3. The number of ether oxygens (including phenoxy) is 1. The number of carbonyl (C=O) groups excluding carboxylic acids is 1. The van der Waals surface area contributed by atoms with E-state index in [1.54, 1.807) is 7.11 Å². The molecule has 0 radical (unpaired) electrons. The lowest BCUT2D eigenvalue weighted by atomic mass is 10.3. The van der Waals surface area contributed by atoms with Crippen LogP contribution in [0.1, 0.15) is 28.9 Å². The first-order chi connectivity index (χ1) is 9.69. The monoisotopic (exact) mass is 296 g/mol. The van der Waals surface area contributed by atoms with Gasteiger partial charge in [0.05, 0.1) is 6.10 Å². The molecule has 0 spiro atoms. The van der Waals surface area contributed by atoms with Crippen LogP contribution in [0.15, 0.2) is 0 Å². The van der Waals surface area contributed by atoms with Crippen molar-refractivity contribution in [3.63, 3.8) is 0 Å². The maximum absolute atomic E-state index is 12.5. The smallest absolute Gasteiger partial charge is 0.267 e. The summed E-state index contributed by atoms with van der Waals surface area (Å²) in [5.74, 6) is 0.354. The van der Waals surface area contributed by atoms with E-state index < -0.39 is 0 Å². The highest BCUT2D eigenvalue weighted by Gasteiger charge is 2.30.